The SMILES string of the molecule is ClCCN(Cc1ccccc1)Cc1ccc2c(c1)CCC2. The van der Waals surface area contributed by atoms with Crippen LogP contribution in [0.2, 0.25) is 0 Å². The minimum atomic E-state index is 0.678. The quantitative estimate of drug-likeness (QED) is 0.714. The highest BCUT2D eigenvalue weighted by Crippen LogP contribution is 2.23. The fourth-order valence-electron chi connectivity index (χ4n) is 3.16. The largest absolute Gasteiger partial charge is 0.294 e. The standard InChI is InChI=1S/C19H22ClN/c20-11-12-21(14-16-5-2-1-3-6-16)15-17-9-10-18-7-4-8-19(18)13-17/h1-3,5-6,9-10,13H,4,7-8,11-12,14-15H2. The second-order valence-corrected chi connectivity index (χ2v) is 6.22. The van der Waals surface area contributed by atoms with E-state index in [1.165, 1.54) is 30.4 Å². The van der Waals surface area contributed by atoms with E-state index < -0.39 is 0 Å². The lowest BCUT2D eigenvalue weighted by molar-refractivity contribution is 0.273. The Balaban J connectivity index is 1.70. The molecular formula is C19H22ClN. The summed E-state index contributed by atoms with van der Waals surface area (Å²) in [4.78, 5) is 2.43. The molecule has 2 heteroatoms. The highest BCUT2D eigenvalue weighted by Gasteiger charge is 2.12. The first kappa shape index (κ1) is 14.6. The topological polar surface area (TPSA) is 3.24 Å². The lowest BCUT2D eigenvalue weighted by Crippen LogP contribution is -2.25. The van der Waals surface area contributed by atoms with E-state index >= 15 is 0 Å². The summed E-state index contributed by atoms with van der Waals surface area (Å²) in [6, 6.07) is 17.6. The zero-order valence-corrected chi connectivity index (χ0v) is 13.1. The molecule has 2 aromatic carbocycles. The molecule has 2 aromatic rings. The predicted octanol–water partition coefficient (Wildman–Crippen LogP) is 4.42. The van der Waals surface area contributed by atoms with E-state index in [1.807, 2.05) is 0 Å². The van der Waals surface area contributed by atoms with Crippen molar-refractivity contribution >= 4 is 11.6 Å². The van der Waals surface area contributed by atoms with Crippen molar-refractivity contribution in [3.05, 3.63) is 70.8 Å². The lowest BCUT2D eigenvalue weighted by Gasteiger charge is -2.22. The summed E-state index contributed by atoms with van der Waals surface area (Å²) in [5.41, 5.74) is 5.87. The van der Waals surface area contributed by atoms with Crippen LogP contribution in [0.1, 0.15) is 28.7 Å². The van der Waals surface area contributed by atoms with E-state index in [4.69, 9.17) is 11.6 Å². The van der Waals surface area contributed by atoms with Gasteiger partial charge in [-0.2, -0.15) is 0 Å². The van der Waals surface area contributed by atoms with Crippen LogP contribution < -0.4 is 0 Å². The van der Waals surface area contributed by atoms with Crippen LogP contribution >= 0.6 is 11.6 Å². The molecule has 0 N–H and O–H groups in total. The van der Waals surface area contributed by atoms with Crippen molar-refractivity contribution in [3.8, 4) is 0 Å². The zero-order chi connectivity index (χ0) is 14.5. The number of alkyl halides is 1. The maximum absolute atomic E-state index is 5.98. The van der Waals surface area contributed by atoms with E-state index in [2.05, 4.69) is 53.4 Å². The molecule has 0 aromatic heterocycles. The number of benzene rings is 2. The van der Waals surface area contributed by atoms with Crippen LogP contribution in [-0.4, -0.2) is 17.3 Å². The number of fused-ring (bicyclic) bond motifs is 1. The fourth-order valence-corrected chi connectivity index (χ4v) is 3.40. The Hall–Kier alpha value is -1.31. The third kappa shape index (κ3) is 3.87. The smallest absolute Gasteiger partial charge is 0.0351 e. The number of rotatable bonds is 6. The summed E-state index contributed by atoms with van der Waals surface area (Å²) < 4.78 is 0. The van der Waals surface area contributed by atoms with E-state index in [0.717, 1.165) is 19.6 Å². The molecule has 0 saturated heterocycles. The van der Waals surface area contributed by atoms with Crippen molar-refractivity contribution < 1.29 is 0 Å². The Kier molecular flexibility index (Phi) is 4.95. The van der Waals surface area contributed by atoms with Crippen molar-refractivity contribution in [1.29, 1.82) is 0 Å². The number of hydrogen-bond acceptors (Lipinski definition) is 1. The monoisotopic (exact) mass is 299 g/mol. The van der Waals surface area contributed by atoms with Gasteiger partial charge in [0.1, 0.15) is 0 Å². The van der Waals surface area contributed by atoms with Gasteiger partial charge >= 0.3 is 0 Å². The van der Waals surface area contributed by atoms with Crippen LogP contribution in [0.4, 0.5) is 0 Å². The van der Waals surface area contributed by atoms with Crippen LogP contribution in [0.15, 0.2) is 48.5 Å². The van der Waals surface area contributed by atoms with Gasteiger partial charge in [-0.25, -0.2) is 0 Å². The molecule has 3 rings (SSSR count). The molecule has 1 aliphatic carbocycles. The summed E-state index contributed by atoms with van der Waals surface area (Å²) >= 11 is 5.98. The second-order valence-electron chi connectivity index (χ2n) is 5.84. The molecule has 0 unspecified atom stereocenters. The summed E-state index contributed by atoms with van der Waals surface area (Å²) in [6.07, 6.45) is 3.82. The van der Waals surface area contributed by atoms with Gasteiger partial charge in [0.25, 0.3) is 0 Å². The Labute approximate surface area is 132 Å². The van der Waals surface area contributed by atoms with Crippen molar-refractivity contribution in [3.63, 3.8) is 0 Å². The minimum absolute atomic E-state index is 0.678. The average molecular weight is 300 g/mol. The lowest BCUT2D eigenvalue weighted by atomic mass is 10.1. The van der Waals surface area contributed by atoms with E-state index in [0.29, 0.717) is 5.88 Å². The Morgan fingerprint density at radius 2 is 1.62 bits per heavy atom. The Morgan fingerprint density at radius 3 is 2.43 bits per heavy atom. The van der Waals surface area contributed by atoms with E-state index in [-0.39, 0.29) is 0 Å². The third-order valence-corrected chi connectivity index (χ3v) is 4.39. The predicted molar refractivity (Wildman–Crippen MR) is 89.7 cm³/mol. The molecular weight excluding hydrogens is 278 g/mol. The van der Waals surface area contributed by atoms with Gasteiger partial charge in [0.15, 0.2) is 0 Å². The highest BCUT2D eigenvalue weighted by atomic mass is 35.5. The molecule has 21 heavy (non-hydrogen) atoms. The van der Waals surface area contributed by atoms with Crippen LogP contribution in [0.5, 0.6) is 0 Å². The van der Waals surface area contributed by atoms with Gasteiger partial charge < -0.3 is 0 Å². The first-order chi connectivity index (χ1) is 10.3. The van der Waals surface area contributed by atoms with Crippen molar-refractivity contribution in [2.45, 2.75) is 32.4 Å². The Morgan fingerprint density at radius 1 is 0.857 bits per heavy atom. The molecule has 0 radical (unpaired) electrons. The number of hydrogen-bond donors (Lipinski definition) is 0. The van der Waals surface area contributed by atoms with Gasteiger partial charge in [-0.3, -0.25) is 4.90 Å². The van der Waals surface area contributed by atoms with Gasteiger partial charge in [-0.05, 0) is 41.5 Å². The highest BCUT2D eigenvalue weighted by molar-refractivity contribution is 6.18. The molecule has 0 heterocycles. The number of halogens is 1. The van der Waals surface area contributed by atoms with Crippen molar-refractivity contribution in [2.75, 3.05) is 12.4 Å². The fraction of sp³-hybridized carbons (Fsp3) is 0.368. The van der Waals surface area contributed by atoms with Crippen molar-refractivity contribution in [2.24, 2.45) is 0 Å². The summed E-state index contributed by atoms with van der Waals surface area (Å²) in [5.74, 6) is 0.678. The summed E-state index contributed by atoms with van der Waals surface area (Å²) in [7, 11) is 0. The van der Waals surface area contributed by atoms with Gasteiger partial charge in [0.2, 0.25) is 0 Å². The van der Waals surface area contributed by atoms with E-state index in [9.17, 15) is 0 Å². The molecule has 0 bridgehead atoms. The normalized spacial score (nSPS) is 13.6. The van der Waals surface area contributed by atoms with Crippen molar-refractivity contribution in [1.82, 2.24) is 4.90 Å². The molecule has 1 aliphatic rings. The molecule has 0 aliphatic heterocycles. The zero-order valence-electron chi connectivity index (χ0n) is 12.4. The first-order valence-corrected chi connectivity index (χ1v) is 8.31. The molecule has 1 nitrogen and oxygen atoms in total. The van der Waals surface area contributed by atoms with Gasteiger partial charge in [0, 0.05) is 25.5 Å². The maximum Gasteiger partial charge on any atom is 0.0351 e. The molecule has 0 spiro atoms. The van der Waals surface area contributed by atoms with Crippen LogP contribution in [0.25, 0.3) is 0 Å². The number of aryl methyl sites for hydroxylation is 2. The molecule has 110 valence electrons. The molecule has 0 atom stereocenters. The van der Waals surface area contributed by atoms with Gasteiger partial charge in [-0.15, -0.1) is 11.6 Å². The average Bonchev–Trinajstić information content (AvgIpc) is 2.96. The minimum Gasteiger partial charge on any atom is -0.294 e. The molecule has 0 saturated carbocycles. The van der Waals surface area contributed by atoms with Crippen LogP contribution in [-0.2, 0) is 25.9 Å². The maximum atomic E-state index is 5.98. The van der Waals surface area contributed by atoms with Gasteiger partial charge in [-0.1, -0.05) is 48.5 Å². The van der Waals surface area contributed by atoms with E-state index in [1.54, 1.807) is 11.1 Å². The van der Waals surface area contributed by atoms with Crippen LogP contribution in [0, 0.1) is 0 Å². The summed E-state index contributed by atoms with van der Waals surface area (Å²) in [6.45, 7) is 2.87. The summed E-state index contributed by atoms with van der Waals surface area (Å²) in [5, 5.41) is 0. The first-order valence-electron chi connectivity index (χ1n) is 7.78. The van der Waals surface area contributed by atoms with Gasteiger partial charge in [0.05, 0.1) is 0 Å². The molecule has 0 fully saturated rings. The van der Waals surface area contributed by atoms with Crippen LogP contribution in [0.3, 0.4) is 0 Å². The third-order valence-electron chi connectivity index (χ3n) is 4.22. The number of nitrogens with zero attached hydrogens (tertiary/aromatic N) is 1. The second kappa shape index (κ2) is 7.11. The Bertz CT molecular complexity index is 579. The molecule has 0 amide bonds.